The van der Waals surface area contributed by atoms with Gasteiger partial charge in [0, 0.05) is 17.2 Å². The molecule has 1 aliphatic rings. The summed E-state index contributed by atoms with van der Waals surface area (Å²) in [6.45, 7) is 0. The molecule has 0 aromatic heterocycles. The molecule has 1 aromatic rings. The maximum Gasteiger partial charge on any atom is 0.409 e. The van der Waals surface area contributed by atoms with E-state index in [0.29, 0.717) is 5.69 Å². The summed E-state index contributed by atoms with van der Waals surface area (Å²) in [5.41, 5.74) is 0.199. The Morgan fingerprint density at radius 2 is 1.85 bits per heavy atom. The molecular weight excluding hydrogens is 353 g/mol. The van der Waals surface area contributed by atoms with E-state index in [9.17, 15) is 27.6 Å². The molecule has 26 heavy (non-hydrogen) atoms. The van der Waals surface area contributed by atoms with Crippen LogP contribution in [0.5, 0.6) is 0 Å². The molecule has 1 aromatic carbocycles. The number of aliphatic carboxylic acids is 1. The summed E-state index contributed by atoms with van der Waals surface area (Å²) in [5.74, 6) is -3.02. The van der Waals surface area contributed by atoms with Crippen LogP contribution in [-0.4, -0.2) is 35.1 Å². The highest BCUT2D eigenvalue weighted by atomic mass is 19.4. The highest BCUT2D eigenvalue weighted by molar-refractivity contribution is 5.98. The van der Waals surface area contributed by atoms with Gasteiger partial charge in [-0.1, -0.05) is 18.9 Å². The van der Waals surface area contributed by atoms with Gasteiger partial charge in [-0.2, -0.15) is 13.2 Å². The number of amides is 2. The van der Waals surface area contributed by atoms with Crippen LogP contribution in [0, 0.1) is 5.92 Å². The number of benzene rings is 1. The number of carbonyl (C=O) groups excluding carboxylic acids is 2. The summed E-state index contributed by atoms with van der Waals surface area (Å²) < 4.78 is 38.5. The zero-order valence-corrected chi connectivity index (χ0v) is 13.8. The maximum absolute atomic E-state index is 12.8. The number of carbonyl (C=O) groups is 3. The fourth-order valence-corrected chi connectivity index (χ4v) is 2.84. The molecule has 1 aliphatic carbocycles. The molecule has 0 bridgehead atoms. The van der Waals surface area contributed by atoms with E-state index in [1.165, 1.54) is 24.3 Å². The first-order chi connectivity index (χ1) is 12.2. The fraction of sp³-hybridized carbons (Fsp3) is 0.471. The van der Waals surface area contributed by atoms with E-state index in [4.69, 9.17) is 5.11 Å². The predicted molar refractivity (Wildman–Crippen MR) is 86.6 cm³/mol. The monoisotopic (exact) mass is 372 g/mol. The minimum absolute atomic E-state index is 0.0994. The van der Waals surface area contributed by atoms with Crippen molar-refractivity contribution >= 4 is 23.5 Å². The van der Waals surface area contributed by atoms with Gasteiger partial charge in [0.2, 0.25) is 5.91 Å². The van der Waals surface area contributed by atoms with Crippen LogP contribution in [0.3, 0.4) is 0 Å². The summed E-state index contributed by atoms with van der Waals surface area (Å²) in [5, 5.41) is 12.9. The van der Waals surface area contributed by atoms with Gasteiger partial charge in [-0.25, -0.2) is 0 Å². The van der Waals surface area contributed by atoms with Crippen LogP contribution in [0.1, 0.15) is 42.5 Å². The van der Waals surface area contributed by atoms with Gasteiger partial charge in [-0.05, 0) is 31.0 Å². The second-order valence-electron chi connectivity index (χ2n) is 6.22. The number of hydrogen-bond acceptors (Lipinski definition) is 3. The minimum atomic E-state index is -4.89. The van der Waals surface area contributed by atoms with Crippen molar-refractivity contribution in [2.45, 2.75) is 44.3 Å². The molecule has 2 rings (SSSR count). The maximum atomic E-state index is 12.8. The summed E-state index contributed by atoms with van der Waals surface area (Å²) in [4.78, 5) is 34.7. The lowest BCUT2D eigenvalue weighted by molar-refractivity contribution is -0.165. The van der Waals surface area contributed by atoms with Crippen molar-refractivity contribution < 1.29 is 32.7 Å². The number of carboxylic acids is 1. The van der Waals surface area contributed by atoms with E-state index in [1.807, 2.05) is 0 Å². The van der Waals surface area contributed by atoms with E-state index in [-0.39, 0.29) is 17.4 Å². The van der Waals surface area contributed by atoms with Crippen molar-refractivity contribution in [3.05, 3.63) is 29.8 Å². The molecule has 142 valence electrons. The number of anilines is 1. The third kappa shape index (κ3) is 5.47. The number of alkyl halides is 3. The Morgan fingerprint density at radius 3 is 2.42 bits per heavy atom. The zero-order valence-electron chi connectivity index (χ0n) is 13.8. The van der Waals surface area contributed by atoms with Crippen LogP contribution in [0.15, 0.2) is 24.3 Å². The molecular formula is C17H19F3N2O4. The van der Waals surface area contributed by atoms with Gasteiger partial charge in [0.1, 0.15) is 6.04 Å². The Balaban J connectivity index is 2.06. The van der Waals surface area contributed by atoms with Gasteiger partial charge < -0.3 is 15.7 Å². The number of hydrogen-bond donors (Lipinski definition) is 3. The highest BCUT2D eigenvalue weighted by Gasteiger charge is 2.42. The molecule has 0 saturated heterocycles. The third-order valence-corrected chi connectivity index (χ3v) is 4.20. The molecule has 3 N–H and O–H groups in total. The van der Waals surface area contributed by atoms with Crippen LogP contribution in [0.25, 0.3) is 0 Å². The molecule has 9 heteroatoms. The second-order valence-corrected chi connectivity index (χ2v) is 6.22. The van der Waals surface area contributed by atoms with E-state index >= 15 is 0 Å². The molecule has 0 aliphatic heterocycles. The predicted octanol–water partition coefficient (Wildman–Crippen LogP) is 2.95. The normalized spacial score (nSPS) is 16.1. The number of nitrogens with one attached hydrogen (secondary N) is 2. The van der Waals surface area contributed by atoms with Crippen LogP contribution in [0.2, 0.25) is 0 Å². The van der Waals surface area contributed by atoms with Gasteiger partial charge in [-0.15, -0.1) is 0 Å². The standard InChI is InChI=1S/C17H19F3N2O4/c18-17(19,20)13(9-14(23)24)22-16(26)11-6-3-7-12(8-11)21-15(25)10-4-1-2-5-10/h3,6-8,10,13H,1-2,4-5,9H2,(H,21,25)(H,22,26)(H,23,24). The SMILES string of the molecule is O=C(O)CC(NC(=O)c1cccc(NC(=O)C2CCCC2)c1)C(F)(F)F. The molecule has 0 radical (unpaired) electrons. The zero-order chi connectivity index (χ0) is 19.3. The van der Waals surface area contributed by atoms with Crippen LogP contribution in [-0.2, 0) is 9.59 Å². The Bertz CT molecular complexity index is 685. The number of halogens is 3. The molecule has 1 atom stereocenters. The van der Waals surface area contributed by atoms with Gasteiger partial charge in [0.15, 0.2) is 0 Å². The van der Waals surface area contributed by atoms with Crippen molar-refractivity contribution in [2.24, 2.45) is 5.92 Å². The molecule has 1 saturated carbocycles. The summed E-state index contributed by atoms with van der Waals surface area (Å²) in [7, 11) is 0. The molecule has 1 unspecified atom stereocenters. The van der Waals surface area contributed by atoms with Crippen LogP contribution >= 0.6 is 0 Å². The quantitative estimate of drug-likeness (QED) is 0.715. The largest absolute Gasteiger partial charge is 0.481 e. The van der Waals surface area contributed by atoms with Gasteiger partial charge in [0.05, 0.1) is 6.42 Å². The van der Waals surface area contributed by atoms with Crippen molar-refractivity contribution in [1.82, 2.24) is 5.32 Å². The van der Waals surface area contributed by atoms with E-state index < -0.39 is 30.5 Å². The molecule has 6 nitrogen and oxygen atoms in total. The Kier molecular flexibility index (Phi) is 6.23. The van der Waals surface area contributed by atoms with Crippen LogP contribution in [0.4, 0.5) is 18.9 Å². The molecule has 0 heterocycles. The number of rotatable bonds is 6. The smallest absolute Gasteiger partial charge is 0.409 e. The Labute approximate surface area is 147 Å². The van der Waals surface area contributed by atoms with E-state index in [0.717, 1.165) is 25.7 Å². The van der Waals surface area contributed by atoms with Gasteiger partial charge in [0.25, 0.3) is 5.91 Å². The Hall–Kier alpha value is -2.58. The number of carboxylic acid groups (broad SMARTS) is 1. The minimum Gasteiger partial charge on any atom is -0.481 e. The molecule has 1 fully saturated rings. The summed E-state index contributed by atoms with van der Waals surface area (Å²) in [6, 6.07) is 3.01. The second kappa shape index (κ2) is 8.20. The first kappa shape index (κ1) is 19.7. The lowest BCUT2D eigenvalue weighted by atomic mass is 10.1. The van der Waals surface area contributed by atoms with Crippen molar-refractivity contribution in [3.8, 4) is 0 Å². The van der Waals surface area contributed by atoms with E-state index in [1.54, 1.807) is 5.32 Å². The highest BCUT2D eigenvalue weighted by Crippen LogP contribution is 2.26. The topological polar surface area (TPSA) is 95.5 Å². The fourth-order valence-electron chi connectivity index (χ4n) is 2.84. The van der Waals surface area contributed by atoms with E-state index in [2.05, 4.69) is 5.32 Å². The third-order valence-electron chi connectivity index (χ3n) is 4.20. The summed E-state index contributed by atoms with van der Waals surface area (Å²) in [6.07, 6.45) is -2.63. The summed E-state index contributed by atoms with van der Waals surface area (Å²) >= 11 is 0. The first-order valence-electron chi connectivity index (χ1n) is 8.17. The van der Waals surface area contributed by atoms with Crippen LogP contribution < -0.4 is 10.6 Å². The van der Waals surface area contributed by atoms with Crippen molar-refractivity contribution in [2.75, 3.05) is 5.32 Å². The van der Waals surface area contributed by atoms with Gasteiger partial charge in [-0.3, -0.25) is 14.4 Å². The average Bonchev–Trinajstić information content (AvgIpc) is 3.07. The first-order valence-corrected chi connectivity index (χ1v) is 8.17. The Morgan fingerprint density at radius 1 is 1.19 bits per heavy atom. The molecule has 0 spiro atoms. The van der Waals surface area contributed by atoms with Crippen molar-refractivity contribution in [3.63, 3.8) is 0 Å². The van der Waals surface area contributed by atoms with Gasteiger partial charge >= 0.3 is 12.1 Å². The van der Waals surface area contributed by atoms with Crippen molar-refractivity contribution in [1.29, 1.82) is 0 Å². The molecule has 2 amide bonds. The lowest BCUT2D eigenvalue weighted by Crippen LogP contribution is -2.46. The average molecular weight is 372 g/mol. The lowest BCUT2D eigenvalue weighted by Gasteiger charge is -2.20.